The van der Waals surface area contributed by atoms with E-state index in [0.717, 1.165) is 5.46 Å². The van der Waals surface area contributed by atoms with Gasteiger partial charge in [-0.2, -0.15) is 0 Å². The summed E-state index contributed by atoms with van der Waals surface area (Å²) in [7, 11) is -0.321. The summed E-state index contributed by atoms with van der Waals surface area (Å²) in [6, 6.07) is 25.6. The minimum Gasteiger partial charge on any atom is -0.402 e. The number of rotatable bonds is 2. The van der Waals surface area contributed by atoms with Crippen LogP contribution >= 0.6 is 0 Å². The summed E-state index contributed by atoms with van der Waals surface area (Å²) in [4.78, 5) is 0. The number of para-hydroxylation sites is 2. The monoisotopic (exact) mass is 355 g/mol. The summed E-state index contributed by atoms with van der Waals surface area (Å²) >= 11 is 0. The maximum atomic E-state index is 6.17. The Morgan fingerprint density at radius 1 is 0.852 bits per heavy atom. The SMILES string of the molecule is CC1OB(c2ccc3c(c2)c2ccccc2n3-c2ccccc2)OC1(C)C. The third kappa shape index (κ3) is 2.60. The van der Waals surface area contributed by atoms with Crippen LogP contribution in [0.3, 0.4) is 0 Å². The molecule has 0 amide bonds. The van der Waals surface area contributed by atoms with E-state index in [2.05, 4.69) is 92.1 Å². The lowest BCUT2D eigenvalue weighted by molar-refractivity contribution is 0.0842. The first kappa shape index (κ1) is 16.6. The van der Waals surface area contributed by atoms with E-state index in [1.54, 1.807) is 0 Å². The lowest BCUT2D eigenvalue weighted by atomic mass is 9.78. The highest BCUT2D eigenvalue weighted by atomic mass is 16.7. The fourth-order valence-electron chi connectivity index (χ4n) is 3.89. The van der Waals surface area contributed by atoms with Crippen molar-refractivity contribution in [1.82, 2.24) is 4.57 Å². The van der Waals surface area contributed by atoms with E-state index in [0.29, 0.717) is 0 Å². The molecule has 0 N–H and O–H groups in total. The van der Waals surface area contributed by atoms with Crippen molar-refractivity contribution in [3.63, 3.8) is 0 Å². The van der Waals surface area contributed by atoms with Crippen LogP contribution in [0.4, 0.5) is 0 Å². The van der Waals surface area contributed by atoms with Gasteiger partial charge in [0.2, 0.25) is 0 Å². The zero-order valence-electron chi connectivity index (χ0n) is 15.8. The minimum atomic E-state index is -0.321. The van der Waals surface area contributed by atoms with Crippen molar-refractivity contribution in [3.8, 4) is 5.69 Å². The molecule has 4 aromatic rings. The van der Waals surface area contributed by atoms with Gasteiger partial charge in [0, 0.05) is 16.5 Å². The summed E-state index contributed by atoms with van der Waals surface area (Å²) in [6.45, 7) is 6.23. The van der Waals surface area contributed by atoms with Crippen molar-refractivity contribution in [2.45, 2.75) is 32.5 Å². The fourth-order valence-corrected chi connectivity index (χ4v) is 3.89. The van der Waals surface area contributed by atoms with Gasteiger partial charge in [0.15, 0.2) is 0 Å². The standard InChI is InChI=1S/C23H22BNO2/c1-16-23(2,3)27-24(26-16)17-13-14-22-20(15-17)19-11-7-8-12-21(19)25(22)18-9-5-4-6-10-18/h4-16H,1-3H3. The van der Waals surface area contributed by atoms with E-state index in [9.17, 15) is 0 Å². The molecule has 134 valence electrons. The first-order valence-corrected chi connectivity index (χ1v) is 9.46. The van der Waals surface area contributed by atoms with Crippen molar-refractivity contribution in [1.29, 1.82) is 0 Å². The molecule has 2 heterocycles. The highest BCUT2D eigenvalue weighted by Gasteiger charge is 2.43. The van der Waals surface area contributed by atoms with E-state index in [-0.39, 0.29) is 18.8 Å². The molecule has 0 bridgehead atoms. The van der Waals surface area contributed by atoms with Gasteiger partial charge in [-0.15, -0.1) is 0 Å². The summed E-state index contributed by atoms with van der Waals surface area (Å²) in [5, 5.41) is 2.46. The topological polar surface area (TPSA) is 23.4 Å². The Morgan fingerprint density at radius 2 is 1.56 bits per heavy atom. The molecule has 1 unspecified atom stereocenters. The average Bonchev–Trinajstić information content (AvgIpc) is 3.15. The van der Waals surface area contributed by atoms with E-state index >= 15 is 0 Å². The third-order valence-electron chi connectivity index (χ3n) is 5.70. The predicted octanol–water partition coefficient (Wildman–Crippen LogP) is 4.69. The normalized spacial score (nSPS) is 19.2. The third-order valence-corrected chi connectivity index (χ3v) is 5.70. The second kappa shape index (κ2) is 5.98. The van der Waals surface area contributed by atoms with Crippen LogP contribution in [0.1, 0.15) is 20.8 Å². The van der Waals surface area contributed by atoms with E-state index in [1.807, 2.05) is 6.07 Å². The van der Waals surface area contributed by atoms with Gasteiger partial charge < -0.3 is 13.9 Å². The number of fused-ring (bicyclic) bond motifs is 3. The Hall–Kier alpha value is -2.56. The highest BCUT2D eigenvalue weighted by Crippen LogP contribution is 2.32. The molecule has 4 heteroatoms. The van der Waals surface area contributed by atoms with Crippen LogP contribution in [-0.2, 0) is 9.31 Å². The number of aromatic nitrogens is 1. The summed E-state index contributed by atoms with van der Waals surface area (Å²) in [6.07, 6.45) is 0.0591. The number of hydrogen-bond acceptors (Lipinski definition) is 2. The van der Waals surface area contributed by atoms with Gasteiger partial charge in [-0.1, -0.05) is 48.5 Å². The first-order chi connectivity index (χ1) is 13.0. The molecule has 3 aromatic carbocycles. The molecule has 5 rings (SSSR count). The Kier molecular flexibility index (Phi) is 3.68. The summed E-state index contributed by atoms with van der Waals surface area (Å²) in [5.41, 5.74) is 4.35. The molecule has 1 aliphatic heterocycles. The zero-order valence-corrected chi connectivity index (χ0v) is 15.8. The molecular formula is C23H22BNO2. The first-order valence-electron chi connectivity index (χ1n) is 9.46. The lowest BCUT2D eigenvalue weighted by Gasteiger charge is -2.21. The Bertz CT molecular complexity index is 1130. The molecule has 0 aliphatic carbocycles. The number of benzene rings is 3. The average molecular weight is 355 g/mol. The van der Waals surface area contributed by atoms with Crippen LogP contribution in [0.5, 0.6) is 0 Å². The van der Waals surface area contributed by atoms with Crippen molar-refractivity contribution in [2.24, 2.45) is 0 Å². The van der Waals surface area contributed by atoms with Gasteiger partial charge in [0.25, 0.3) is 0 Å². The van der Waals surface area contributed by atoms with Crippen LogP contribution in [0, 0.1) is 0 Å². The zero-order chi connectivity index (χ0) is 18.6. The molecule has 1 saturated heterocycles. The second-order valence-electron chi connectivity index (χ2n) is 7.80. The molecule has 27 heavy (non-hydrogen) atoms. The largest absolute Gasteiger partial charge is 0.494 e. The summed E-state index contributed by atoms with van der Waals surface area (Å²) in [5.74, 6) is 0. The van der Waals surface area contributed by atoms with Crippen molar-refractivity contribution in [2.75, 3.05) is 0 Å². The molecule has 3 nitrogen and oxygen atoms in total. The molecule has 1 fully saturated rings. The van der Waals surface area contributed by atoms with Crippen LogP contribution in [0.25, 0.3) is 27.5 Å². The van der Waals surface area contributed by atoms with Crippen molar-refractivity contribution < 1.29 is 9.31 Å². The van der Waals surface area contributed by atoms with Crippen LogP contribution < -0.4 is 5.46 Å². The molecule has 0 spiro atoms. The second-order valence-corrected chi connectivity index (χ2v) is 7.80. The predicted molar refractivity (Wildman–Crippen MR) is 112 cm³/mol. The van der Waals surface area contributed by atoms with Crippen molar-refractivity contribution in [3.05, 3.63) is 72.8 Å². The Labute approximate surface area is 159 Å². The van der Waals surface area contributed by atoms with Gasteiger partial charge in [-0.3, -0.25) is 0 Å². The fraction of sp³-hybridized carbons (Fsp3) is 0.217. The van der Waals surface area contributed by atoms with E-state index in [4.69, 9.17) is 9.31 Å². The Balaban J connectivity index is 1.72. The quantitative estimate of drug-likeness (QED) is 0.487. The molecule has 1 aliphatic rings. The molecular weight excluding hydrogens is 333 g/mol. The molecule has 1 atom stereocenters. The maximum Gasteiger partial charge on any atom is 0.494 e. The molecule has 0 radical (unpaired) electrons. The van der Waals surface area contributed by atoms with Crippen LogP contribution in [-0.4, -0.2) is 23.4 Å². The minimum absolute atomic E-state index is 0.0591. The number of nitrogens with zero attached hydrogens (tertiary/aromatic N) is 1. The van der Waals surface area contributed by atoms with E-state index < -0.39 is 0 Å². The maximum absolute atomic E-state index is 6.17. The van der Waals surface area contributed by atoms with Crippen LogP contribution in [0.15, 0.2) is 72.8 Å². The van der Waals surface area contributed by atoms with Gasteiger partial charge in [0.05, 0.1) is 22.7 Å². The van der Waals surface area contributed by atoms with Gasteiger partial charge in [-0.25, -0.2) is 0 Å². The Morgan fingerprint density at radius 3 is 2.30 bits per heavy atom. The van der Waals surface area contributed by atoms with Gasteiger partial charge in [-0.05, 0) is 50.5 Å². The van der Waals surface area contributed by atoms with Crippen LogP contribution in [0.2, 0.25) is 0 Å². The smallest absolute Gasteiger partial charge is 0.402 e. The number of hydrogen-bond donors (Lipinski definition) is 0. The molecule has 0 saturated carbocycles. The van der Waals surface area contributed by atoms with Gasteiger partial charge >= 0.3 is 7.12 Å². The summed E-state index contributed by atoms with van der Waals surface area (Å²) < 4.78 is 14.6. The lowest BCUT2D eigenvalue weighted by Crippen LogP contribution is -2.34. The molecule has 1 aromatic heterocycles. The van der Waals surface area contributed by atoms with Crippen molar-refractivity contribution >= 4 is 34.4 Å². The highest BCUT2D eigenvalue weighted by molar-refractivity contribution is 6.62. The van der Waals surface area contributed by atoms with E-state index in [1.165, 1.54) is 27.5 Å². The van der Waals surface area contributed by atoms with Gasteiger partial charge in [0.1, 0.15) is 0 Å².